The highest BCUT2D eigenvalue weighted by Crippen LogP contribution is 2.40. The Kier molecular flexibility index (Phi) is 10.1. The zero-order valence-electron chi connectivity index (χ0n) is 19.1. The molecule has 1 unspecified atom stereocenters. The predicted octanol–water partition coefficient (Wildman–Crippen LogP) is 4.99. The van der Waals surface area contributed by atoms with E-state index in [1.165, 1.54) is 0 Å². The number of phenolic OH excluding ortho intramolecular Hbond substituents is 1. The number of aromatic hydroxyl groups is 1. The average Bonchev–Trinajstić information content (AvgIpc) is 2.61. The van der Waals surface area contributed by atoms with Crippen LogP contribution in [0.25, 0.3) is 0 Å². The molecule has 0 saturated heterocycles. The van der Waals surface area contributed by atoms with Crippen molar-refractivity contribution in [3.63, 3.8) is 0 Å². The van der Waals surface area contributed by atoms with E-state index in [9.17, 15) is 15.0 Å². The molecule has 0 spiro atoms. The van der Waals surface area contributed by atoms with Crippen molar-refractivity contribution in [1.82, 2.24) is 0 Å². The van der Waals surface area contributed by atoms with Gasteiger partial charge in [-0.2, -0.15) is 0 Å². The lowest BCUT2D eigenvalue weighted by atomic mass is 9.78. The molecular formula is C24H40O5. The predicted molar refractivity (Wildman–Crippen MR) is 116 cm³/mol. The minimum absolute atomic E-state index is 0.161. The van der Waals surface area contributed by atoms with Crippen LogP contribution >= 0.6 is 0 Å². The molecule has 2 N–H and O–H groups in total. The van der Waals surface area contributed by atoms with Gasteiger partial charge in [-0.25, -0.2) is 0 Å². The normalized spacial score (nSPS) is 13.3. The minimum atomic E-state index is -0.793. The quantitative estimate of drug-likeness (QED) is 0.289. The number of rotatable bonds is 12. The second-order valence-corrected chi connectivity index (χ2v) is 9.78. The first-order valence-electron chi connectivity index (χ1n) is 10.7. The Balaban J connectivity index is 2.57. The molecule has 1 atom stereocenters. The summed E-state index contributed by atoms with van der Waals surface area (Å²) in [5.74, 6) is 0.379. The van der Waals surface area contributed by atoms with E-state index in [0.717, 1.165) is 42.4 Å². The second-order valence-electron chi connectivity index (χ2n) is 9.78. The average molecular weight is 409 g/mol. The zero-order valence-corrected chi connectivity index (χ0v) is 19.1. The van der Waals surface area contributed by atoms with Crippen molar-refractivity contribution < 1.29 is 24.5 Å². The lowest BCUT2D eigenvalue weighted by molar-refractivity contribution is -0.128. The highest BCUT2D eigenvalue weighted by atomic mass is 16.6. The van der Waals surface area contributed by atoms with Gasteiger partial charge in [0.05, 0.1) is 6.61 Å². The summed E-state index contributed by atoms with van der Waals surface area (Å²) in [6.45, 7) is 14.1. The number of benzene rings is 1. The largest absolute Gasteiger partial charge is 0.507 e. The summed E-state index contributed by atoms with van der Waals surface area (Å²) in [5, 5.41) is 21.0. The molecule has 166 valence electrons. The molecular weight excluding hydrogens is 368 g/mol. The van der Waals surface area contributed by atoms with Crippen molar-refractivity contribution in [2.24, 2.45) is 0 Å². The van der Waals surface area contributed by atoms with Crippen LogP contribution in [-0.4, -0.2) is 36.2 Å². The summed E-state index contributed by atoms with van der Waals surface area (Å²) in [7, 11) is 0. The summed E-state index contributed by atoms with van der Waals surface area (Å²) in [6, 6.07) is 4.11. The molecule has 0 fully saturated rings. The Labute approximate surface area is 176 Å². The Morgan fingerprint density at radius 1 is 0.931 bits per heavy atom. The van der Waals surface area contributed by atoms with E-state index in [1.807, 2.05) is 0 Å². The highest BCUT2D eigenvalue weighted by molar-refractivity contribution is 5.49. The van der Waals surface area contributed by atoms with E-state index in [1.54, 1.807) is 0 Å². The van der Waals surface area contributed by atoms with Crippen molar-refractivity contribution in [2.45, 2.75) is 97.2 Å². The molecule has 0 amide bonds. The van der Waals surface area contributed by atoms with Gasteiger partial charge in [0.2, 0.25) is 0 Å². The van der Waals surface area contributed by atoms with Gasteiger partial charge < -0.3 is 19.7 Å². The number of aryl methyl sites for hydroxylation is 1. The van der Waals surface area contributed by atoms with Crippen LogP contribution < -0.4 is 0 Å². The molecule has 29 heavy (non-hydrogen) atoms. The number of hydrogen-bond donors (Lipinski definition) is 2. The molecule has 1 rings (SSSR count). The summed E-state index contributed by atoms with van der Waals surface area (Å²) in [5.41, 5.74) is 2.66. The van der Waals surface area contributed by atoms with E-state index < -0.39 is 6.29 Å². The number of carbonyl (C=O) groups excluding carboxylic acids is 1. The molecule has 0 aliphatic rings. The minimum Gasteiger partial charge on any atom is -0.507 e. The van der Waals surface area contributed by atoms with Crippen LogP contribution in [0.1, 0.15) is 90.3 Å². The molecule has 1 aromatic carbocycles. The zero-order chi connectivity index (χ0) is 22.1. The van der Waals surface area contributed by atoms with Crippen LogP contribution in [0.5, 0.6) is 5.75 Å². The number of phenols is 1. The van der Waals surface area contributed by atoms with Gasteiger partial charge in [0.1, 0.15) is 5.75 Å². The summed E-state index contributed by atoms with van der Waals surface area (Å²) in [6.07, 6.45) is 4.11. The maximum atomic E-state index is 10.8. The fourth-order valence-electron chi connectivity index (χ4n) is 3.26. The molecule has 5 nitrogen and oxygen atoms in total. The molecule has 0 bridgehead atoms. The first-order chi connectivity index (χ1) is 13.5. The number of hydrogen-bond acceptors (Lipinski definition) is 5. The lowest BCUT2D eigenvalue weighted by Gasteiger charge is -2.28. The molecule has 0 radical (unpaired) electrons. The Hall–Kier alpha value is -1.59. The van der Waals surface area contributed by atoms with Crippen LogP contribution in [-0.2, 0) is 31.5 Å². The third-order valence-corrected chi connectivity index (χ3v) is 5.00. The highest BCUT2D eigenvalue weighted by Gasteiger charge is 2.26. The lowest BCUT2D eigenvalue weighted by Crippen LogP contribution is -2.18. The van der Waals surface area contributed by atoms with Crippen molar-refractivity contribution >= 4 is 6.47 Å². The number of ether oxygens (including phenoxy) is 2. The molecule has 0 heterocycles. The standard InChI is InChI=1S/C24H40O5/c1-23(2,3)19-15-18(16-20(22(19)27)24(4,5)6)11-12-21(26)29-14-10-8-7-9-13-28-17-25/h15-17,21,26-27H,7-14H2,1-6H3. The van der Waals surface area contributed by atoms with Gasteiger partial charge in [-0.15, -0.1) is 0 Å². The first-order valence-corrected chi connectivity index (χ1v) is 10.7. The van der Waals surface area contributed by atoms with Crippen molar-refractivity contribution in [2.75, 3.05) is 13.2 Å². The Morgan fingerprint density at radius 2 is 1.45 bits per heavy atom. The van der Waals surface area contributed by atoms with E-state index in [2.05, 4.69) is 58.4 Å². The van der Waals surface area contributed by atoms with E-state index >= 15 is 0 Å². The number of aliphatic hydroxyl groups is 1. The van der Waals surface area contributed by atoms with Crippen LogP contribution in [0.2, 0.25) is 0 Å². The van der Waals surface area contributed by atoms with Gasteiger partial charge >= 0.3 is 0 Å². The monoisotopic (exact) mass is 408 g/mol. The summed E-state index contributed by atoms with van der Waals surface area (Å²) < 4.78 is 10.2. The third-order valence-electron chi connectivity index (χ3n) is 5.00. The number of carbonyl (C=O) groups is 1. The fraction of sp³-hybridized carbons (Fsp3) is 0.708. The number of aliphatic hydroxyl groups excluding tert-OH is 1. The molecule has 5 heteroatoms. The van der Waals surface area contributed by atoms with Crippen molar-refractivity contribution in [1.29, 1.82) is 0 Å². The van der Waals surface area contributed by atoms with Crippen LogP contribution in [0.3, 0.4) is 0 Å². The van der Waals surface area contributed by atoms with Crippen molar-refractivity contribution in [3.8, 4) is 5.75 Å². The SMILES string of the molecule is CC(C)(C)c1cc(CCC(O)OCCCCCCOC=O)cc(C(C)(C)C)c1O. The van der Waals surface area contributed by atoms with Gasteiger partial charge in [0.25, 0.3) is 6.47 Å². The molecule has 0 aliphatic carbocycles. The van der Waals surface area contributed by atoms with Gasteiger partial charge in [-0.3, -0.25) is 4.79 Å². The molecule has 0 aliphatic heterocycles. The van der Waals surface area contributed by atoms with Gasteiger partial charge in [0.15, 0.2) is 6.29 Å². The van der Waals surface area contributed by atoms with Crippen LogP contribution in [0.4, 0.5) is 0 Å². The van der Waals surface area contributed by atoms with E-state index in [0.29, 0.717) is 38.3 Å². The summed E-state index contributed by atoms with van der Waals surface area (Å²) >= 11 is 0. The number of unbranched alkanes of at least 4 members (excludes halogenated alkanes) is 3. The Morgan fingerprint density at radius 3 is 1.93 bits per heavy atom. The molecule has 0 saturated carbocycles. The maximum absolute atomic E-state index is 10.8. The Bertz CT molecular complexity index is 590. The van der Waals surface area contributed by atoms with Gasteiger partial charge in [-0.1, -0.05) is 60.1 Å². The van der Waals surface area contributed by atoms with Gasteiger partial charge in [0, 0.05) is 13.0 Å². The second kappa shape index (κ2) is 11.6. The molecule has 0 aromatic heterocycles. The van der Waals surface area contributed by atoms with Crippen LogP contribution in [0.15, 0.2) is 12.1 Å². The van der Waals surface area contributed by atoms with E-state index in [-0.39, 0.29) is 10.8 Å². The van der Waals surface area contributed by atoms with Crippen LogP contribution in [0, 0.1) is 0 Å². The summed E-state index contributed by atoms with van der Waals surface area (Å²) in [4.78, 5) is 10.0. The third kappa shape index (κ3) is 9.18. The van der Waals surface area contributed by atoms with Gasteiger partial charge in [-0.05, 0) is 53.2 Å². The maximum Gasteiger partial charge on any atom is 0.293 e. The molecule has 1 aromatic rings. The van der Waals surface area contributed by atoms with E-state index in [4.69, 9.17) is 4.74 Å². The fourth-order valence-corrected chi connectivity index (χ4v) is 3.26. The topological polar surface area (TPSA) is 76.0 Å². The smallest absolute Gasteiger partial charge is 0.293 e. The first kappa shape index (κ1) is 25.4. The van der Waals surface area contributed by atoms with Crippen molar-refractivity contribution in [3.05, 3.63) is 28.8 Å².